The molecule has 2 aromatic rings. The van der Waals surface area contributed by atoms with Gasteiger partial charge in [-0.3, -0.25) is 0 Å². The Morgan fingerprint density at radius 2 is 1.89 bits per heavy atom. The lowest BCUT2D eigenvalue weighted by atomic mass is 10.2. The van der Waals surface area contributed by atoms with Gasteiger partial charge in [-0.25, -0.2) is 0 Å². The molecule has 0 saturated heterocycles. The minimum absolute atomic E-state index is 0.159. The zero-order chi connectivity index (χ0) is 13.5. The number of phenols is 1. The second-order valence-corrected chi connectivity index (χ2v) is 4.71. The average molecular weight is 319 g/mol. The maximum absolute atomic E-state index is 9.78. The highest BCUT2D eigenvalue weighted by Gasteiger charge is 2.03. The van der Waals surface area contributed by atoms with Gasteiger partial charge in [0.2, 0.25) is 0 Å². The van der Waals surface area contributed by atoms with E-state index in [0.29, 0.717) is 12.4 Å². The molecule has 0 radical (unpaired) electrons. The standard InChI is InChI=1S/C16H15BrO2/c17-10-4-7-13-8-9-15(18)16(11-13)19-12-14-5-2-1-3-6-14/h1-9,11,18H,10,12H2. The third-order valence-corrected chi connectivity index (χ3v) is 2.99. The van der Waals surface area contributed by atoms with E-state index in [1.807, 2.05) is 54.6 Å². The van der Waals surface area contributed by atoms with Crippen molar-refractivity contribution in [2.24, 2.45) is 0 Å². The number of halogens is 1. The Morgan fingerprint density at radius 3 is 2.63 bits per heavy atom. The molecule has 98 valence electrons. The zero-order valence-corrected chi connectivity index (χ0v) is 12.0. The van der Waals surface area contributed by atoms with E-state index in [-0.39, 0.29) is 5.75 Å². The van der Waals surface area contributed by atoms with Crippen LogP contribution in [0.3, 0.4) is 0 Å². The number of alkyl halides is 1. The highest BCUT2D eigenvalue weighted by atomic mass is 79.9. The van der Waals surface area contributed by atoms with Crippen LogP contribution in [0, 0.1) is 0 Å². The molecule has 0 aliphatic carbocycles. The van der Waals surface area contributed by atoms with Crippen LogP contribution in [0.15, 0.2) is 54.6 Å². The predicted octanol–water partition coefficient (Wildman–Crippen LogP) is 4.38. The number of phenolic OH excluding ortho intramolecular Hbond substituents is 1. The first kappa shape index (κ1) is 13.7. The van der Waals surface area contributed by atoms with Crippen molar-refractivity contribution < 1.29 is 9.84 Å². The van der Waals surface area contributed by atoms with Gasteiger partial charge in [-0.1, -0.05) is 64.5 Å². The molecule has 0 aliphatic heterocycles. The second-order valence-electron chi connectivity index (χ2n) is 4.06. The first-order valence-electron chi connectivity index (χ1n) is 6.02. The largest absolute Gasteiger partial charge is 0.504 e. The fraction of sp³-hybridized carbons (Fsp3) is 0.125. The monoisotopic (exact) mass is 318 g/mol. The van der Waals surface area contributed by atoms with Gasteiger partial charge in [0.1, 0.15) is 6.61 Å². The molecule has 0 amide bonds. The van der Waals surface area contributed by atoms with Crippen LogP contribution in [-0.2, 0) is 6.61 Å². The summed E-state index contributed by atoms with van der Waals surface area (Å²) in [6.07, 6.45) is 3.97. The molecule has 3 heteroatoms. The van der Waals surface area contributed by atoms with Crippen molar-refractivity contribution in [1.29, 1.82) is 0 Å². The Kier molecular flexibility index (Phi) is 5.04. The van der Waals surface area contributed by atoms with Crippen molar-refractivity contribution in [3.05, 3.63) is 65.7 Å². The highest BCUT2D eigenvalue weighted by molar-refractivity contribution is 9.09. The van der Waals surface area contributed by atoms with Gasteiger partial charge < -0.3 is 9.84 Å². The smallest absolute Gasteiger partial charge is 0.162 e. The van der Waals surface area contributed by atoms with Crippen molar-refractivity contribution in [2.45, 2.75) is 6.61 Å². The Morgan fingerprint density at radius 1 is 1.11 bits per heavy atom. The van der Waals surface area contributed by atoms with Crippen LogP contribution in [0.4, 0.5) is 0 Å². The van der Waals surface area contributed by atoms with Crippen LogP contribution in [-0.4, -0.2) is 10.4 Å². The van der Waals surface area contributed by atoms with Crippen LogP contribution in [0.1, 0.15) is 11.1 Å². The molecule has 0 saturated carbocycles. The number of rotatable bonds is 5. The van der Waals surface area contributed by atoms with Gasteiger partial charge in [-0.05, 0) is 23.3 Å². The van der Waals surface area contributed by atoms with Crippen LogP contribution in [0.5, 0.6) is 11.5 Å². The Bertz CT molecular complexity index is 550. The molecule has 0 aromatic heterocycles. The Balaban J connectivity index is 2.09. The van der Waals surface area contributed by atoms with E-state index in [2.05, 4.69) is 15.9 Å². The molecule has 0 spiro atoms. The normalized spacial score (nSPS) is 10.8. The topological polar surface area (TPSA) is 29.5 Å². The Hall–Kier alpha value is -1.74. The summed E-state index contributed by atoms with van der Waals surface area (Å²) in [6, 6.07) is 15.2. The SMILES string of the molecule is Oc1ccc(C=CCBr)cc1OCc1ccccc1. The van der Waals surface area contributed by atoms with Crippen molar-refractivity contribution in [1.82, 2.24) is 0 Å². The van der Waals surface area contributed by atoms with E-state index in [1.165, 1.54) is 0 Å². The van der Waals surface area contributed by atoms with Gasteiger partial charge in [0.25, 0.3) is 0 Å². The van der Waals surface area contributed by atoms with Crippen LogP contribution in [0.2, 0.25) is 0 Å². The predicted molar refractivity (Wildman–Crippen MR) is 81.7 cm³/mol. The van der Waals surface area contributed by atoms with E-state index in [0.717, 1.165) is 16.5 Å². The van der Waals surface area contributed by atoms with Crippen molar-refractivity contribution in [3.8, 4) is 11.5 Å². The summed E-state index contributed by atoms with van der Waals surface area (Å²) >= 11 is 3.33. The summed E-state index contributed by atoms with van der Waals surface area (Å²) in [6.45, 7) is 0.444. The molecule has 19 heavy (non-hydrogen) atoms. The maximum Gasteiger partial charge on any atom is 0.162 e. The summed E-state index contributed by atoms with van der Waals surface area (Å²) < 4.78 is 5.65. The van der Waals surface area contributed by atoms with Crippen molar-refractivity contribution >= 4 is 22.0 Å². The molecular weight excluding hydrogens is 304 g/mol. The molecule has 2 rings (SSSR count). The number of ether oxygens (including phenoxy) is 1. The summed E-state index contributed by atoms with van der Waals surface area (Å²) in [4.78, 5) is 0. The van der Waals surface area contributed by atoms with Gasteiger partial charge in [0.15, 0.2) is 11.5 Å². The summed E-state index contributed by atoms with van der Waals surface area (Å²) in [5, 5.41) is 10.6. The average Bonchev–Trinajstić information content (AvgIpc) is 2.46. The van der Waals surface area contributed by atoms with E-state index in [9.17, 15) is 5.11 Å². The minimum Gasteiger partial charge on any atom is -0.504 e. The molecule has 0 heterocycles. The van der Waals surface area contributed by atoms with E-state index < -0.39 is 0 Å². The van der Waals surface area contributed by atoms with Gasteiger partial charge in [0.05, 0.1) is 0 Å². The summed E-state index contributed by atoms with van der Waals surface area (Å²) in [7, 11) is 0. The number of hydrogen-bond donors (Lipinski definition) is 1. The van der Waals surface area contributed by atoms with Gasteiger partial charge in [-0.15, -0.1) is 0 Å². The Labute approximate surface area is 121 Å². The van der Waals surface area contributed by atoms with E-state index in [1.54, 1.807) is 6.07 Å². The zero-order valence-electron chi connectivity index (χ0n) is 10.4. The van der Waals surface area contributed by atoms with Gasteiger partial charge in [0, 0.05) is 5.33 Å². The molecule has 0 aliphatic rings. The fourth-order valence-electron chi connectivity index (χ4n) is 1.67. The summed E-state index contributed by atoms with van der Waals surface area (Å²) in [5.74, 6) is 0.660. The van der Waals surface area contributed by atoms with Crippen LogP contribution < -0.4 is 4.74 Å². The number of allylic oxidation sites excluding steroid dienone is 1. The van der Waals surface area contributed by atoms with E-state index >= 15 is 0 Å². The quantitative estimate of drug-likeness (QED) is 0.829. The highest BCUT2D eigenvalue weighted by Crippen LogP contribution is 2.28. The van der Waals surface area contributed by atoms with Crippen LogP contribution in [0.25, 0.3) is 6.08 Å². The second kappa shape index (κ2) is 7.00. The minimum atomic E-state index is 0.159. The molecule has 0 atom stereocenters. The lowest BCUT2D eigenvalue weighted by Crippen LogP contribution is -1.95. The maximum atomic E-state index is 9.78. The third-order valence-electron chi connectivity index (χ3n) is 2.62. The molecule has 2 nitrogen and oxygen atoms in total. The lowest BCUT2D eigenvalue weighted by Gasteiger charge is -2.09. The van der Waals surface area contributed by atoms with Crippen molar-refractivity contribution in [3.63, 3.8) is 0 Å². The van der Waals surface area contributed by atoms with Gasteiger partial charge >= 0.3 is 0 Å². The molecule has 0 fully saturated rings. The van der Waals surface area contributed by atoms with Crippen LogP contribution >= 0.6 is 15.9 Å². The van der Waals surface area contributed by atoms with E-state index in [4.69, 9.17) is 4.74 Å². The number of benzene rings is 2. The number of hydrogen-bond acceptors (Lipinski definition) is 2. The molecular formula is C16H15BrO2. The first-order valence-corrected chi connectivity index (χ1v) is 7.14. The van der Waals surface area contributed by atoms with Crippen molar-refractivity contribution in [2.75, 3.05) is 5.33 Å². The third kappa shape index (κ3) is 4.14. The molecule has 1 N–H and O–H groups in total. The lowest BCUT2D eigenvalue weighted by molar-refractivity contribution is 0.289. The van der Waals surface area contributed by atoms with Gasteiger partial charge in [-0.2, -0.15) is 0 Å². The number of aromatic hydroxyl groups is 1. The molecule has 0 unspecified atom stereocenters. The fourth-order valence-corrected chi connectivity index (χ4v) is 1.85. The first-order chi connectivity index (χ1) is 9.29. The summed E-state index contributed by atoms with van der Waals surface area (Å²) in [5.41, 5.74) is 2.07. The molecule has 0 bridgehead atoms. The molecule has 2 aromatic carbocycles.